The molecular formula is C26H42F2O3. The van der Waals surface area contributed by atoms with Crippen LogP contribution in [0, 0.1) is 17.8 Å². The maximum Gasteiger partial charge on any atom is 0.196 e. The minimum absolute atomic E-state index is 0.00568. The van der Waals surface area contributed by atoms with Gasteiger partial charge in [-0.2, -0.15) is 0 Å². The van der Waals surface area contributed by atoms with Gasteiger partial charge in [0, 0.05) is 12.3 Å². The molecule has 1 heterocycles. The third-order valence-corrected chi connectivity index (χ3v) is 7.22. The zero-order valence-electron chi connectivity index (χ0n) is 19.8. The van der Waals surface area contributed by atoms with Gasteiger partial charge in [-0.3, -0.25) is 0 Å². The van der Waals surface area contributed by atoms with E-state index < -0.39 is 11.7 Å². The van der Waals surface area contributed by atoms with Gasteiger partial charge in [-0.05, 0) is 68.8 Å². The second kappa shape index (κ2) is 12.3. The Balaban J connectivity index is 1.43. The normalized spacial score (nSPS) is 32.5. The predicted molar refractivity (Wildman–Crippen MR) is 120 cm³/mol. The summed E-state index contributed by atoms with van der Waals surface area (Å²) >= 11 is 0. The molecule has 5 heteroatoms. The number of allylic oxidation sites excluding steroid dienone is 4. The van der Waals surface area contributed by atoms with E-state index in [1.807, 2.05) is 13.8 Å². The molecule has 1 aliphatic heterocycles. The fourth-order valence-electron chi connectivity index (χ4n) is 5.34. The van der Waals surface area contributed by atoms with E-state index in [2.05, 4.69) is 6.92 Å². The first kappa shape index (κ1) is 24.7. The first-order valence-corrected chi connectivity index (χ1v) is 12.7. The summed E-state index contributed by atoms with van der Waals surface area (Å²) in [5.41, 5.74) is 0.665. The van der Waals surface area contributed by atoms with E-state index in [0.717, 1.165) is 51.7 Å². The Morgan fingerprint density at radius 1 is 0.968 bits per heavy atom. The number of hydrogen-bond donors (Lipinski definition) is 0. The Bertz CT molecular complexity index is 614. The molecule has 0 spiro atoms. The summed E-state index contributed by atoms with van der Waals surface area (Å²) in [4.78, 5) is 0. The highest BCUT2D eigenvalue weighted by atomic mass is 19.2. The Morgan fingerprint density at radius 2 is 1.74 bits per heavy atom. The van der Waals surface area contributed by atoms with Crippen LogP contribution in [-0.4, -0.2) is 32.0 Å². The van der Waals surface area contributed by atoms with Gasteiger partial charge < -0.3 is 14.2 Å². The van der Waals surface area contributed by atoms with Crippen LogP contribution in [0.1, 0.15) is 91.4 Å². The quantitative estimate of drug-likeness (QED) is 0.354. The first-order valence-electron chi connectivity index (χ1n) is 12.7. The molecule has 3 rings (SSSR count). The van der Waals surface area contributed by atoms with Crippen LogP contribution in [-0.2, 0) is 14.2 Å². The van der Waals surface area contributed by atoms with E-state index in [-0.39, 0.29) is 23.7 Å². The van der Waals surface area contributed by atoms with E-state index in [0.29, 0.717) is 30.6 Å². The lowest BCUT2D eigenvalue weighted by Gasteiger charge is -2.35. The molecule has 0 aromatic rings. The predicted octanol–water partition coefficient (Wildman–Crippen LogP) is 7.42. The highest BCUT2D eigenvalue weighted by Crippen LogP contribution is 2.44. The van der Waals surface area contributed by atoms with Crippen molar-refractivity contribution in [2.75, 3.05) is 19.8 Å². The average molecular weight is 441 g/mol. The molecule has 0 aromatic heterocycles. The molecule has 178 valence electrons. The van der Waals surface area contributed by atoms with Gasteiger partial charge in [0.25, 0.3) is 0 Å². The van der Waals surface area contributed by atoms with Gasteiger partial charge in [0.15, 0.2) is 11.7 Å². The molecule has 3 aliphatic rings. The summed E-state index contributed by atoms with van der Waals surface area (Å²) in [5.74, 6) is -0.630. The molecule has 0 N–H and O–H groups in total. The summed E-state index contributed by atoms with van der Waals surface area (Å²) in [6, 6.07) is 0. The van der Waals surface area contributed by atoms with Gasteiger partial charge in [-0.1, -0.05) is 33.6 Å². The fourth-order valence-corrected chi connectivity index (χ4v) is 5.34. The van der Waals surface area contributed by atoms with Gasteiger partial charge in [-0.25, -0.2) is 8.78 Å². The smallest absolute Gasteiger partial charge is 0.196 e. The first-order chi connectivity index (χ1) is 15.0. The second-order valence-corrected chi connectivity index (χ2v) is 9.81. The molecule has 2 fully saturated rings. The molecule has 0 radical (unpaired) electrons. The zero-order valence-corrected chi connectivity index (χ0v) is 19.8. The maximum absolute atomic E-state index is 14.9. The van der Waals surface area contributed by atoms with E-state index >= 15 is 0 Å². The SMILES string of the molecule is CCCCC1CCC(COC2CCC(C3=C(F)C(F)=C(OCCC)CC3C)CC2)CO1. The van der Waals surface area contributed by atoms with Gasteiger partial charge in [0.05, 0.1) is 32.0 Å². The Kier molecular flexibility index (Phi) is 9.83. The van der Waals surface area contributed by atoms with Crippen LogP contribution in [0.25, 0.3) is 0 Å². The summed E-state index contributed by atoms with van der Waals surface area (Å²) in [6.45, 7) is 8.20. The van der Waals surface area contributed by atoms with Gasteiger partial charge in [0.1, 0.15) is 5.76 Å². The highest BCUT2D eigenvalue weighted by molar-refractivity contribution is 5.35. The number of ether oxygens (including phenoxy) is 3. The Hall–Kier alpha value is -0.940. The molecule has 1 saturated heterocycles. The average Bonchev–Trinajstić information content (AvgIpc) is 2.79. The van der Waals surface area contributed by atoms with Gasteiger partial charge >= 0.3 is 0 Å². The minimum atomic E-state index is -0.769. The van der Waals surface area contributed by atoms with Crippen LogP contribution in [0.15, 0.2) is 23.0 Å². The van der Waals surface area contributed by atoms with Gasteiger partial charge in [0.2, 0.25) is 0 Å². The third kappa shape index (κ3) is 6.77. The molecule has 0 aromatic carbocycles. The summed E-state index contributed by atoms with van der Waals surface area (Å²) in [6.07, 6.45) is 11.5. The van der Waals surface area contributed by atoms with Crippen molar-refractivity contribution < 1.29 is 23.0 Å². The zero-order chi connectivity index (χ0) is 22.2. The van der Waals surface area contributed by atoms with E-state index in [4.69, 9.17) is 14.2 Å². The minimum Gasteiger partial charge on any atom is -0.495 e. The Labute approximate surface area is 187 Å². The van der Waals surface area contributed by atoms with Crippen molar-refractivity contribution in [2.45, 2.75) is 104 Å². The molecular weight excluding hydrogens is 398 g/mol. The monoisotopic (exact) mass is 440 g/mol. The van der Waals surface area contributed by atoms with Crippen molar-refractivity contribution in [1.29, 1.82) is 0 Å². The standard InChI is InChI=1S/C26H42F2O3/c1-4-6-7-21-11-8-19(16-30-21)17-31-22-12-9-20(10-13-22)24-18(3)15-23(29-14-5-2)25(27)26(24)28/h18-22H,4-17H2,1-3H3. The second-order valence-electron chi connectivity index (χ2n) is 9.81. The maximum atomic E-state index is 14.9. The highest BCUT2D eigenvalue weighted by Gasteiger charge is 2.35. The number of rotatable bonds is 10. The van der Waals surface area contributed by atoms with Crippen LogP contribution in [0.2, 0.25) is 0 Å². The van der Waals surface area contributed by atoms with E-state index in [1.165, 1.54) is 25.7 Å². The Morgan fingerprint density at radius 3 is 2.39 bits per heavy atom. The van der Waals surface area contributed by atoms with Crippen molar-refractivity contribution in [3.63, 3.8) is 0 Å². The molecule has 3 nitrogen and oxygen atoms in total. The number of hydrogen-bond acceptors (Lipinski definition) is 3. The van der Waals surface area contributed by atoms with Crippen LogP contribution < -0.4 is 0 Å². The van der Waals surface area contributed by atoms with Crippen LogP contribution in [0.3, 0.4) is 0 Å². The largest absolute Gasteiger partial charge is 0.495 e. The van der Waals surface area contributed by atoms with Crippen LogP contribution >= 0.6 is 0 Å². The van der Waals surface area contributed by atoms with Crippen molar-refractivity contribution in [3.8, 4) is 0 Å². The molecule has 31 heavy (non-hydrogen) atoms. The molecule has 0 bridgehead atoms. The molecule has 3 atom stereocenters. The fraction of sp³-hybridized carbons (Fsp3) is 0.846. The van der Waals surface area contributed by atoms with E-state index in [9.17, 15) is 8.78 Å². The van der Waals surface area contributed by atoms with Crippen molar-refractivity contribution >= 4 is 0 Å². The summed E-state index contributed by atoms with van der Waals surface area (Å²) in [7, 11) is 0. The third-order valence-electron chi connectivity index (χ3n) is 7.22. The lowest BCUT2D eigenvalue weighted by atomic mass is 9.75. The molecule has 3 unspecified atom stereocenters. The van der Waals surface area contributed by atoms with Crippen LogP contribution in [0.5, 0.6) is 0 Å². The van der Waals surface area contributed by atoms with Gasteiger partial charge in [-0.15, -0.1) is 0 Å². The summed E-state index contributed by atoms with van der Waals surface area (Å²) in [5, 5.41) is 0. The van der Waals surface area contributed by atoms with Crippen molar-refractivity contribution in [2.24, 2.45) is 17.8 Å². The van der Waals surface area contributed by atoms with Crippen molar-refractivity contribution in [1.82, 2.24) is 0 Å². The molecule has 1 saturated carbocycles. The summed E-state index contributed by atoms with van der Waals surface area (Å²) < 4.78 is 47.1. The molecule has 2 aliphatic carbocycles. The lowest BCUT2D eigenvalue weighted by molar-refractivity contribution is -0.0659. The molecule has 0 amide bonds. The number of unbranched alkanes of at least 4 members (excludes halogenated alkanes) is 1. The topological polar surface area (TPSA) is 27.7 Å². The van der Waals surface area contributed by atoms with E-state index in [1.54, 1.807) is 0 Å². The lowest BCUT2D eigenvalue weighted by Crippen LogP contribution is -2.31. The number of halogens is 2. The van der Waals surface area contributed by atoms with Crippen LogP contribution in [0.4, 0.5) is 8.78 Å². The van der Waals surface area contributed by atoms with Crippen molar-refractivity contribution in [3.05, 3.63) is 23.0 Å².